The average Bonchev–Trinajstić information content (AvgIpc) is 2.65. The molecule has 0 bridgehead atoms. The van der Waals surface area contributed by atoms with Crippen LogP contribution in [0.4, 0.5) is 0 Å². The molecular weight excluding hydrogens is 224 g/mol. The number of hydrogen-bond acceptors (Lipinski definition) is 2. The molecule has 0 radical (unpaired) electrons. The van der Waals surface area contributed by atoms with E-state index in [1.807, 2.05) is 11.9 Å². The van der Waals surface area contributed by atoms with Crippen molar-refractivity contribution in [1.82, 2.24) is 4.90 Å². The SMILES string of the molecule is CN(CC1CCCC1)C(=O)C1(N)CCC1.Cl. The molecule has 0 aliphatic heterocycles. The van der Waals surface area contributed by atoms with E-state index in [0.29, 0.717) is 0 Å². The van der Waals surface area contributed by atoms with Crippen LogP contribution in [-0.4, -0.2) is 29.9 Å². The van der Waals surface area contributed by atoms with Crippen LogP contribution in [0, 0.1) is 5.92 Å². The van der Waals surface area contributed by atoms with Crippen LogP contribution in [0.5, 0.6) is 0 Å². The summed E-state index contributed by atoms with van der Waals surface area (Å²) in [6.45, 7) is 0.914. The van der Waals surface area contributed by atoms with Gasteiger partial charge in [-0.15, -0.1) is 12.4 Å². The largest absolute Gasteiger partial charge is 0.344 e. The lowest BCUT2D eigenvalue weighted by atomic mass is 9.76. The third-order valence-corrected chi connectivity index (χ3v) is 4.03. The maximum absolute atomic E-state index is 12.0. The highest BCUT2D eigenvalue weighted by Gasteiger charge is 2.42. The highest BCUT2D eigenvalue weighted by atomic mass is 35.5. The Bertz CT molecular complexity index is 247. The van der Waals surface area contributed by atoms with Crippen LogP contribution in [-0.2, 0) is 4.79 Å². The van der Waals surface area contributed by atoms with Gasteiger partial charge in [-0.1, -0.05) is 12.8 Å². The number of nitrogens with zero attached hydrogens (tertiary/aromatic N) is 1. The Morgan fingerprint density at radius 1 is 1.31 bits per heavy atom. The Balaban J connectivity index is 0.00000128. The lowest BCUT2D eigenvalue weighted by molar-refractivity contribution is -0.139. The average molecular weight is 247 g/mol. The standard InChI is InChI=1S/C12H22N2O.ClH/c1-14(9-10-5-2-3-6-10)11(15)12(13)7-4-8-12;/h10H,2-9,13H2,1H3;1H. The highest BCUT2D eigenvalue weighted by Crippen LogP contribution is 2.32. The molecule has 0 aromatic heterocycles. The van der Waals surface area contributed by atoms with E-state index in [0.717, 1.165) is 31.7 Å². The number of nitrogens with two attached hydrogens (primary N) is 1. The summed E-state index contributed by atoms with van der Waals surface area (Å²) in [4.78, 5) is 13.9. The van der Waals surface area contributed by atoms with E-state index >= 15 is 0 Å². The number of carbonyl (C=O) groups excluding carboxylic acids is 1. The molecule has 0 atom stereocenters. The Kier molecular flexibility index (Phi) is 4.62. The fourth-order valence-corrected chi connectivity index (χ4v) is 2.81. The molecule has 2 saturated carbocycles. The summed E-state index contributed by atoms with van der Waals surface area (Å²) >= 11 is 0. The van der Waals surface area contributed by atoms with Gasteiger partial charge in [0.15, 0.2) is 0 Å². The maximum Gasteiger partial charge on any atom is 0.242 e. The zero-order chi connectivity index (χ0) is 10.9. The van der Waals surface area contributed by atoms with Gasteiger partial charge in [0.05, 0.1) is 5.54 Å². The van der Waals surface area contributed by atoms with Crippen molar-refractivity contribution in [3.05, 3.63) is 0 Å². The van der Waals surface area contributed by atoms with Crippen molar-refractivity contribution in [2.45, 2.75) is 50.5 Å². The second kappa shape index (κ2) is 5.37. The summed E-state index contributed by atoms with van der Waals surface area (Å²) in [5, 5.41) is 0. The Labute approximate surface area is 104 Å². The first kappa shape index (κ1) is 13.8. The van der Waals surface area contributed by atoms with Crippen LogP contribution < -0.4 is 5.73 Å². The van der Waals surface area contributed by atoms with Crippen molar-refractivity contribution in [1.29, 1.82) is 0 Å². The molecule has 0 aromatic rings. The predicted molar refractivity (Wildman–Crippen MR) is 67.6 cm³/mol. The van der Waals surface area contributed by atoms with Crippen molar-refractivity contribution in [2.24, 2.45) is 11.7 Å². The van der Waals surface area contributed by atoms with E-state index in [2.05, 4.69) is 0 Å². The van der Waals surface area contributed by atoms with Gasteiger partial charge in [0, 0.05) is 13.6 Å². The molecule has 0 heterocycles. The number of rotatable bonds is 3. The molecule has 3 nitrogen and oxygen atoms in total. The first-order chi connectivity index (χ1) is 7.12. The smallest absolute Gasteiger partial charge is 0.242 e. The number of amides is 1. The molecule has 2 fully saturated rings. The molecule has 2 N–H and O–H groups in total. The van der Waals surface area contributed by atoms with Crippen LogP contribution in [0.3, 0.4) is 0 Å². The molecular formula is C12H23ClN2O. The number of carbonyl (C=O) groups is 1. The zero-order valence-corrected chi connectivity index (χ0v) is 10.9. The third kappa shape index (κ3) is 2.69. The monoisotopic (exact) mass is 246 g/mol. The van der Waals surface area contributed by atoms with Gasteiger partial charge < -0.3 is 10.6 Å². The quantitative estimate of drug-likeness (QED) is 0.827. The minimum Gasteiger partial charge on any atom is -0.344 e. The molecule has 0 spiro atoms. The van der Waals surface area contributed by atoms with Crippen molar-refractivity contribution in [3.8, 4) is 0 Å². The van der Waals surface area contributed by atoms with Gasteiger partial charge in [0.1, 0.15) is 0 Å². The molecule has 94 valence electrons. The van der Waals surface area contributed by atoms with Crippen LogP contribution in [0.1, 0.15) is 44.9 Å². The van der Waals surface area contributed by atoms with E-state index in [-0.39, 0.29) is 18.3 Å². The lowest BCUT2D eigenvalue weighted by Gasteiger charge is -2.39. The van der Waals surface area contributed by atoms with E-state index in [9.17, 15) is 4.79 Å². The summed E-state index contributed by atoms with van der Waals surface area (Å²) < 4.78 is 0. The fraction of sp³-hybridized carbons (Fsp3) is 0.917. The van der Waals surface area contributed by atoms with E-state index in [4.69, 9.17) is 5.73 Å². The topological polar surface area (TPSA) is 46.3 Å². The summed E-state index contributed by atoms with van der Waals surface area (Å²) in [5.41, 5.74) is 5.52. The zero-order valence-electron chi connectivity index (χ0n) is 10.1. The molecule has 0 aromatic carbocycles. The summed E-state index contributed by atoms with van der Waals surface area (Å²) in [5.74, 6) is 0.892. The van der Waals surface area contributed by atoms with Crippen molar-refractivity contribution in [3.63, 3.8) is 0 Å². The summed E-state index contributed by atoms with van der Waals surface area (Å²) in [6, 6.07) is 0. The third-order valence-electron chi connectivity index (χ3n) is 4.03. The number of hydrogen-bond donors (Lipinski definition) is 1. The predicted octanol–water partition coefficient (Wildman–Crippen LogP) is 1.94. The fourth-order valence-electron chi connectivity index (χ4n) is 2.81. The molecule has 4 heteroatoms. The molecule has 16 heavy (non-hydrogen) atoms. The van der Waals surface area contributed by atoms with Gasteiger partial charge in [-0.3, -0.25) is 4.79 Å². The van der Waals surface area contributed by atoms with E-state index < -0.39 is 5.54 Å². The van der Waals surface area contributed by atoms with Crippen molar-refractivity contribution < 1.29 is 4.79 Å². The normalized spacial score (nSPS) is 23.4. The van der Waals surface area contributed by atoms with Crippen LogP contribution >= 0.6 is 12.4 Å². The minimum atomic E-state index is -0.507. The van der Waals surface area contributed by atoms with Gasteiger partial charge in [-0.2, -0.15) is 0 Å². The molecule has 2 rings (SSSR count). The Morgan fingerprint density at radius 2 is 1.88 bits per heavy atom. The van der Waals surface area contributed by atoms with Gasteiger partial charge in [-0.05, 0) is 38.0 Å². The molecule has 0 unspecified atom stereocenters. The van der Waals surface area contributed by atoms with Gasteiger partial charge in [0.25, 0.3) is 0 Å². The summed E-state index contributed by atoms with van der Waals surface area (Å²) in [7, 11) is 1.91. The second-order valence-corrected chi connectivity index (χ2v) is 5.35. The van der Waals surface area contributed by atoms with Gasteiger partial charge in [0.2, 0.25) is 5.91 Å². The first-order valence-electron chi connectivity index (χ1n) is 6.16. The van der Waals surface area contributed by atoms with E-state index in [1.54, 1.807) is 0 Å². The van der Waals surface area contributed by atoms with E-state index in [1.165, 1.54) is 25.7 Å². The van der Waals surface area contributed by atoms with Gasteiger partial charge in [-0.25, -0.2) is 0 Å². The molecule has 1 amide bonds. The van der Waals surface area contributed by atoms with Gasteiger partial charge >= 0.3 is 0 Å². The maximum atomic E-state index is 12.0. The highest BCUT2D eigenvalue weighted by molar-refractivity contribution is 5.86. The van der Waals surface area contributed by atoms with Crippen LogP contribution in [0.2, 0.25) is 0 Å². The summed E-state index contributed by atoms with van der Waals surface area (Å²) in [6.07, 6.45) is 8.10. The first-order valence-corrected chi connectivity index (χ1v) is 6.16. The van der Waals surface area contributed by atoms with Crippen LogP contribution in [0.15, 0.2) is 0 Å². The van der Waals surface area contributed by atoms with Crippen molar-refractivity contribution >= 4 is 18.3 Å². The number of halogens is 1. The Hall–Kier alpha value is -0.280. The minimum absolute atomic E-state index is 0. The lowest BCUT2D eigenvalue weighted by Crippen LogP contribution is -2.59. The van der Waals surface area contributed by atoms with Crippen LogP contribution in [0.25, 0.3) is 0 Å². The van der Waals surface area contributed by atoms with Crippen molar-refractivity contribution in [2.75, 3.05) is 13.6 Å². The molecule has 2 aliphatic rings. The molecule has 0 saturated heterocycles. The second-order valence-electron chi connectivity index (χ2n) is 5.35. The molecule has 2 aliphatic carbocycles. The Morgan fingerprint density at radius 3 is 2.31 bits per heavy atom. The number of likely N-dealkylation sites (N-methyl/N-ethyl adjacent to an activating group) is 1.